The monoisotopic (exact) mass is 250 g/mol. The Bertz CT molecular complexity index is 458. The van der Waals surface area contributed by atoms with Crippen LogP contribution >= 0.6 is 0 Å². The van der Waals surface area contributed by atoms with Crippen LogP contribution in [-0.4, -0.2) is 11.8 Å². The maximum atomic E-state index is 12.9. The second-order valence-electron chi connectivity index (χ2n) is 4.44. The lowest BCUT2D eigenvalue weighted by atomic mass is 10.1. The van der Waals surface area contributed by atoms with Gasteiger partial charge in [0.15, 0.2) is 0 Å². The molecule has 0 aliphatic heterocycles. The van der Waals surface area contributed by atoms with Gasteiger partial charge in [-0.15, -0.1) is 0 Å². The van der Waals surface area contributed by atoms with Gasteiger partial charge in [0.1, 0.15) is 5.82 Å². The molecule has 1 aromatic rings. The maximum Gasteiger partial charge on any atom is 0.241 e. The molecular weight excluding hydrogens is 235 g/mol. The lowest BCUT2D eigenvalue weighted by molar-refractivity contribution is -0.129. The molecule has 0 bridgehead atoms. The number of hydrazine groups is 1. The van der Waals surface area contributed by atoms with E-state index in [4.69, 9.17) is 0 Å². The second kappa shape index (κ2) is 5.62. The van der Waals surface area contributed by atoms with E-state index in [2.05, 4.69) is 10.9 Å². The normalized spacial score (nSPS) is 14.1. The lowest BCUT2D eigenvalue weighted by Crippen LogP contribution is -2.42. The van der Waals surface area contributed by atoms with Crippen LogP contribution in [0, 0.1) is 11.7 Å². The van der Waals surface area contributed by atoms with E-state index >= 15 is 0 Å². The Hall–Kier alpha value is -1.91. The van der Waals surface area contributed by atoms with Crippen molar-refractivity contribution in [3.63, 3.8) is 0 Å². The molecule has 0 aromatic heterocycles. The van der Waals surface area contributed by atoms with Crippen molar-refractivity contribution in [2.45, 2.75) is 25.7 Å². The van der Waals surface area contributed by atoms with Gasteiger partial charge in [-0.3, -0.25) is 20.4 Å². The molecule has 0 saturated heterocycles. The summed E-state index contributed by atoms with van der Waals surface area (Å²) in [7, 11) is 0. The van der Waals surface area contributed by atoms with Crippen molar-refractivity contribution < 1.29 is 14.0 Å². The van der Waals surface area contributed by atoms with Crippen LogP contribution in [0.4, 0.5) is 4.39 Å². The molecule has 1 fully saturated rings. The SMILES string of the molecule is O=C(CCc1cccc(F)c1)NNC(=O)C1CC1. The molecule has 1 saturated carbocycles. The molecule has 2 rings (SSSR count). The molecular formula is C13H15FN2O2. The third-order valence-electron chi connectivity index (χ3n) is 2.80. The van der Waals surface area contributed by atoms with Gasteiger partial charge in [0.2, 0.25) is 11.8 Å². The summed E-state index contributed by atoms with van der Waals surface area (Å²) < 4.78 is 12.9. The van der Waals surface area contributed by atoms with Gasteiger partial charge >= 0.3 is 0 Å². The number of carbonyl (C=O) groups excluding carboxylic acids is 2. The zero-order valence-corrected chi connectivity index (χ0v) is 9.91. The third-order valence-corrected chi connectivity index (χ3v) is 2.80. The summed E-state index contributed by atoms with van der Waals surface area (Å²) in [5.74, 6) is -0.647. The summed E-state index contributed by atoms with van der Waals surface area (Å²) in [5.41, 5.74) is 5.50. The fraction of sp³-hybridized carbons (Fsp3) is 0.385. The summed E-state index contributed by atoms with van der Waals surface area (Å²) >= 11 is 0. The fourth-order valence-corrected chi connectivity index (χ4v) is 1.59. The van der Waals surface area contributed by atoms with Crippen molar-refractivity contribution in [3.8, 4) is 0 Å². The fourth-order valence-electron chi connectivity index (χ4n) is 1.59. The number of hydrogen-bond acceptors (Lipinski definition) is 2. The van der Waals surface area contributed by atoms with Crippen LogP contribution in [-0.2, 0) is 16.0 Å². The summed E-state index contributed by atoms with van der Waals surface area (Å²) in [6, 6.07) is 6.13. The van der Waals surface area contributed by atoms with Gasteiger partial charge in [0, 0.05) is 12.3 Å². The zero-order valence-electron chi connectivity index (χ0n) is 9.91. The minimum absolute atomic E-state index is 0.0634. The van der Waals surface area contributed by atoms with Gasteiger partial charge in [-0.2, -0.15) is 0 Å². The van der Waals surface area contributed by atoms with Crippen molar-refractivity contribution >= 4 is 11.8 Å². The first-order chi connectivity index (χ1) is 8.65. The Balaban J connectivity index is 1.69. The second-order valence-corrected chi connectivity index (χ2v) is 4.44. The van der Waals surface area contributed by atoms with E-state index in [9.17, 15) is 14.0 Å². The van der Waals surface area contributed by atoms with Gasteiger partial charge in [0.25, 0.3) is 0 Å². The molecule has 1 aliphatic carbocycles. The molecule has 2 amide bonds. The molecule has 96 valence electrons. The number of benzene rings is 1. The average Bonchev–Trinajstić information content (AvgIpc) is 3.17. The van der Waals surface area contributed by atoms with Gasteiger partial charge in [0.05, 0.1) is 0 Å². The van der Waals surface area contributed by atoms with Gasteiger partial charge in [-0.25, -0.2) is 4.39 Å². The van der Waals surface area contributed by atoms with Gasteiger partial charge in [-0.1, -0.05) is 12.1 Å². The van der Waals surface area contributed by atoms with E-state index in [1.165, 1.54) is 12.1 Å². The number of nitrogens with one attached hydrogen (secondary N) is 2. The van der Waals surface area contributed by atoms with Crippen molar-refractivity contribution in [1.29, 1.82) is 0 Å². The molecule has 0 radical (unpaired) electrons. The molecule has 0 spiro atoms. The highest BCUT2D eigenvalue weighted by atomic mass is 19.1. The Labute approximate surface area is 105 Å². The first-order valence-corrected chi connectivity index (χ1v) is 5.98. The minimum Gasteiger partial charge on any atom is -0.273 e. The molecule has 0 heterocycles. The summed E-state index contributed by atoms with van der Waals surface area (Å²) in [6.45, 7) is 0. The van der Waals surface area contributed by atoms with Crippen molar-refractivity contribution in [2.75, 3.05) is 0 Å². The number of carbonyl (C=O) groups is 2. The summed E-state index contributed by atoms with van der Waals surface area (Å²) in [6.07, 6.45) is 2.45. The van der Waals surface area contributed by atoms with E-state index in [0.29, 0.717) is 6.42 Å². The Morgan fingerprint density at radius 1 is 1.28 bits per heavy atom. The van der Waals surface area contributed by atoms with Gasteiger partial charge < -0.3 is 0 Å². The van der Waals surface area contributed by atoms with Crippen LogP contribution in [0.1, 0.15) is 24.8 Å². The number of amides is 2. The Morgan fingerprint density at radius 2 is 2.06 bits per heavy atom. The average molecular weight is 250 g/mol. The topological polar surface area (TPSA) is 58.2 Å². The maximum absolute atomic E-state index is 12.9. The predicted octanol–water partition coefficient (Wildman–Crippen LogP) is 1.32. The van der Waals surface area contributed by atoms with Crippen molar-refractivity contribution in [1.82, 2.24) is 10.9 Å². The number of rotatable bonds is 4. The molecule has 1 aromatic carbocycles. The first-order valence-electron chi connectivity index (χ1n) is 5.98. The van der Waals surface area contributed by atoms with Crippen LogP contribution in [0.15, 0.2) is 24.3 Å². The number of halogens is 1. The molecule has 4 nitrogen and oxygen atoms in total. The van der Waals surface area contributed by atoms with Gasteiger partial charge in [-0.05, 0) is 37.0 Å². The molecule has 5 heteroatoms. The smallest absolute Gasteiger partial charge is 0.241 e. The first kappa shape index (κ1) is 12.5. The van der Waals surface area contributed by atoms with E-state index in [-0.39, 0.29) is 30.0 Å². The highest BCUT2D eigenvalue weighted by Gasteiger charge is 2.29. The minimum atomic E-state index is -0.310. The molecule has 0 unspecified atom stereocenters. The Morgan fingerprint density at radius 3 is 2.72 bits per heavy atom. The highest BCUT2D eigenvalue weighted by molar-refractivity contribution is 5.84. The third kappa shape index (κ3) is 3.84. The summed E-state index contributed by atoms with van der Waals surface area (Å²) in [4.78, 5) is 22.7. The van der Waals surface area contributed by atoms with Crippen LogP contribution in [0.25, 0.3) is 0 Å². The number of aryl methyl sites for hydroxylation is 1. The van der Waals surface area contributed by atoms with Crippen LogP contribution in [0.3, 0.4) is 0 Å². The lowest BCUT2D eigenvalue weighted by Gasteiger charge is -2.06. The zero-order chi connectivity index (χ0) is 13.0. The van der Waals surface area contributed by atoms with Crippen LogP contribution in [0.5, 0.6) is 0 Å². The van der Waals surface area contributed by atoms with Crippen LogP contribution < -0.4 is 10.9 Å². The van der Waals surface area contributed by atoms with Crippen LogP contribution in [0.2, 0.25) is 0 Å². The number of hydrogen-bond donors (Lipinski definition) is 2. The van der Waals surface area contributed by atoms with Crippen molar-refractivity contribution in [2.24, 2.45) is 5.92 Å². The van der Waals surface area contributed by atoms with E-state index in [1.54, 1.807) is 12.1 Å². The summed E-state index contributed by atoms with van der Waals surface area (Å²) in [5, 5.41) is 0. The largest absolute Gasteiger partial charge is 0.273 e. The Kier molecular flexibility index (Phi) is 3.92. The van der Waals surface area contributed by atoms with Crippen molar-refractivity contribution in [3.05, 3.63) is 35.6 Å². The molecule has 2 N–H and O–H groups in total. The molecule has 0 atom stereocenters. The quantitative estimate of drug-likeness (QED) is 0.792. The predicted molar refractivity (Wildman–Crippen MR) is 63.7 cm³/mol. The van der Waals surface area contributed by atoms with E-state index < -0.39 is 0 Å². The standard InChI is InChI=1S/C13H15FN2O2/c14-11-3-1-2-9(8-11)4-7-12(17)15-16-13(18)10-5-6-10/h1-3,8,10H,4-7H2,(H,15,17)(H,16,18). The highest BCUT2D eigenvalue weighted by Crippen LogP contribution is 2.28. The molecule has 18 heavy (non-hydrogen) atoms. The molecule has 1 aliphatic rings. The van der Waals surface area contributed by atoms with E-state index in [1.807, 2.05) is 0 Å². The van der Waals surface area contributed by atoms with E-state index in [0.717, 1.165) is 18.4 Å².